The number of rotatable bonds is 3. The SMILES string of the molecule is C[C@@H]([C]=O)Nc1ccccn1. The van der Waals surface area contributed by atoms with Crippen LogP contribution in [0, 0.1) is 0 Å². The summed E-state index contributed by atoms with van der Waals surface area (Å²) in [6.07, 6.45) is 3.48. The molecule has 57 valence electrons. The fourth-order valence-corrected chi connectivity index (χ4v) is 0.699. The molecule has 1 rings (SSSR count). The zero-order chi connectivity index (χ0) is 8.10. The van der Waals surface area contributed by atoms with Gasteiger partial charge in [0.25, 0.3) is 0 Å². The molecule has 1 aromatic heterocycles. The summed E-state index contributed by atoms with van der Waals surface area (Å²) in [5.41, 5.74) is 0. The molecular formula is C8H9N2O. The Bertz CT molecular complexity index is 223. The summed E-state index contributed by atoms with van der Waals surface area (Å²) < 4.78 is 0. The zero-order valence-corrected chi connectivity index (χ0v) is 6.24. The highest BCUT2D eigenvalue weighted by molar-refractivity contribution is 5.62. The summed E-state index contributed by atoms with van der Waals surface area (Å²) >= 11 is 0. The van der Waals surface area contributed by atoms with Crippen molar-refractivity contribution in [1.82, 2.24) is 4.98 Å². The first kappa shape index (κ1) is 7.72. The summed E-state index contributed by atoms with van der Waals surface area (Å²) in [7, 11) is 0. The number of hydrogen-bond donors (Lipinski definition) is 1. The van der Waals surface area contributed by atoms with Crippen molar-refractivity contribution in [3.05, 3.63) is 24.4 Å². The van der Waals surface area contributed by atoms with E-state index in [9.17, 15) is 4.79 Å². The van der Waals surface area contributed by atoms with Crippen LogP contribution in [-0.2, 0) is 4.79 Å². The third-order valence-electron chi connectivity index (χ3n) is 1.21. The predicted octanol–water partition coefficient (Wildman–Crippen LogP) is 0.992. The van der Waals surface area contributed by atoms with Gasteiger partial charge in [0.1, 0.15) is 5.82 Å². The van der Waals surface area contributed by atoms with E-state index in [1.165, 1.54) is 0 Å². The van der Waals surface area contributed by atoms with E-state index in [4.69, 9.17) is 0 Å². The predicted molar refractivity (Wildman–Crippen MR) is 43.0 cm³/mol. The second-order valence-electron chi connectivity index (χ2n) is 2.20. The Labute approximate surface area is 65.5 Å². The molecule has 0 saturated carbocycles. The Hall–Kier alpha value is -1.38. The maximum Gasteiger partial charge on any atom is 0.222 e. The van der Waals surface area contributed by atoms with Crippen molar-refractivity contribution < 1.29 is 4.79 Å². The van der Waals surface area contributed by atoms with Crippen molar-refractivity contribution in [2.45, 2.75) is 13.0 Å². The largest absolute Gasteiger partial charge is 0.360 e. The molecule has 1 radical (unpaired) electrons. The maximum atomic E-state index is 10.1. The van der Waals surface area contributed by atoms with Crippen molar-refractivity contribution in [2.75, 3.05) is 5.32 Å². The van der Waals surface area contributed by atoms with Gasteiger partial charge in [0.2, 0.25) is 6.29 Å². The highest BCUT2D eigenvalue weighted by atomic mass is 16.1. The minimum absolute atomic E-state index is 0.301. The van der Waals surface area contributed by atoms with E-state index in [1.54, 1.807) is 19.2 Å². The highest BCUT2D eigenvalue weighted by Crippen LogP contribution is 2.00. The number of anilines is 1. The smallest absolute Gasteiger partial charge is 0.222 e. The number of nitrogens with zero attached hydrogens (tertiary/aromatic N) is 1. The Morgan fingerprint density at radius 3 is 3.00 bits per heavy atom. The number of aromatic nitrogens is 1. The molecular weight excluding hydrogens is 140 g/mol. The molecule has 0 aliphatic rings. The van der Waals surface area contributed by atoms with Gasteiger partial charge >= 0.3 is 0 Å². The van der Waals surface area contributed by atoms with Crippen LogP contribution in [0.2, 0.25) is 0 Å². The van der Waals surface area contributed by atoms with Crippen LogP contribution in [-0.4, -0.2) is 17.3 Å². The summed E-state index contributed by atoms with van der Waals surface area (Å²) in [6.45, 7) is 1.72. The Kier molecular flexibility index (Phi) is 2.60. The molecule has 0 amide bonds. The Balaban J connectivity index is 2.57. The number of hydrogen-bond acceptors (Lipinski definition) is 3. The van der Waals surface area contributed by atoms with Gasteiger partial charge in [0.15, 0.2) is 0 Å². The number of pyridine rings is 1. The van der Waals surface area contributed by atoms with Gasteiger partial charge in [-0.3, -0.25) is 4.79 Å². The maximum absolute atomic E-state index is 10.1. The molecule has 0 fully saturated rings. The monoisotopic (exact) mass is 149 g/mol. The highest BCUT2D eigenvalue weighted by Gasteiger charge is 1.98. The van der Waals surface area contributed by atoms with E-state index in [2.05, 4.69) is 10.3 Å². The molecule has 11 heavy (non-hydrogen) atoms. The van der Waals surface area contributed by atoms with Crippen LogP contribution in [0.25, 0.3) is 0 Å². The van der Waals surface area contributed by atoms with Crippen LogP contribution in [0.15, 0.2) is 24.4 Å². The van der Waals surface area contributed by atoms with Crippen molar-refractivity contribution in [1.29, 1.82) is 0 Å². The number of nitrogens with one attached hydrogen (secondary N) is 1. The number of carbonyl (C=O) groups excluding carboxylic acids is 1. The lowest BCUT2D eigenvalue weighted by Gasteiger charge is -2.05. The van der Waals surface area contributed by atoms with Crippen molar-refractivity contribution >= 4 is 12.1 Å². The second kappa shape index (κ2) is 3.71. The molecule has 0 spiro atoms. The van der Waals surface area contributed by atoms with Gasteiger partial charge in [-0.2, -0.15) is 0 Å². The lowest BCUT2D eigenvalue weighted by Crippen LogP contribution is -2.16. The van der Waals surface area contributed by atoms with Crippen LogP contribution in [0.4, 0.5) is 5.82 Å². The molecule has 0 aliphatic heterocycles. The topological polar surface area (TPSA) is 42.0 Å². The average Bonchev–Trinajstić information content (AvgIpc) is 2.06. The molecule has 3 nitrogen and oxygen atoms in total. The van der Waals surface area contributed by atoms with E-state index in [1.807, 2.05) is 18.4 Å². The minimum atomic E-state index is -0.301. The van der Waals surface area contributed by atoms with E-state index < -0.39 is 0 Å². The van der Waals surface area contributed by atoms with Crippen LogP contribution in [0.5, 0.6) is 0 Å². The van der Waals surface area contributed by atoms with E-state index in [-0.39, 0.29) is 6.04 Å². The Morgan fingerprint density at radius 1 is 1.64 bits per heavy atom. The first-order chi connectivity index (χ1) is 5.33. The van der Waals surface area contributed by atoms with Gasteiger partial charge in [0.05, 0.1) is 6.04 Å². The lowest BCUT2D eigenvalue weighted by atomic mass is 10.3. The molecule has 0 unspecified atom stereocenters. The molecule has 3 heteroatoms. The van der Waals surface area contributed by atoms with Crippen LogP contribution < -0.4 is 5.32 Å². The normalized spacial score (nSPS) is 12.1. The van der Waals surface area contributed by atoms with Gasteiger partial charge in [-0.05, 0) is 19.1 Å². The summed E-state index contributed by atoms with van der Waals surface area (Å²) in [5, 5.41) is 2.86. The van der Waals surface area contributed by atoms with E-state index >= 15 is 0 Å². The van der Waals surface area contributed by atoms with Crippen molar-refractivity contribution in [2.24, 2.45) is 0 Å². The molecule has 0 aromatic carbocycles. The van der Waals surface area contributed by atoms with Crippen LogP contribution >= 0.6 is 0 Å². The van der Waals surface area contributed by atoms with Gasteiger partial charge in [-0.15, -0.1) is 0 Å². The second-order valence-corrected chi connectivity index (χ2v) is 2.20. The third-order valence-corrected chi connectivity index (χ3v) is 1.21. The average molecular weight is 149 g/mol. The molecule has 1 heterocycles. The summed E-state index contributed by atoms with van der Waals surface area (Å²) in [4.78, 5) is 14.1. The zero-order valence-electron chi connectivity index (χ0n) is 6.24. The molecule has 0 saturated heterocycles. The van der Waals surface area contributed by atoms with Gasteiger partial charge in [-0.25, -0.2) is 4.98 Å². The van der Waals surface area contributed by atoms with Gasteiger partial charge in [0, 0.05) is 6.20 Å². The Morgan fingerprint density at radius 2 is 2.45 bits per heavy atom. The van der Waals surface area contributed by atoms with E-state index in [0.29, 0.717) is 5.82 Å². The third kappa shape index (κ3) is 2.37. The van der Waals surface area contributed by atoms with Crippen LogP contribution in [0.3, 0.4) is 0 Å². The van der Waals surface area contributed by atoms with Crippen molar-refractivity contribution in [3.63, 3.8) is 0 Å². The van der Waals surface area contributed by atoms with Gasteiger partial charge < -0.3 is 5.32 Å². The van der Waals surface area contributed by atoms with E-state index in [0.717, 1.165) is 0 Å². The molecule has 0 aliphatic carbocycles. The van der Waals surface area contributed by atoms with Crippen LogP contribution in [0.1, 0.15) is 6.92 Å². The molecule has 1 atom stereocenters. The summed E-state index contributed by atoms with van der Waals surface area (Å²) in [5.74, 6) is 0.698. The van der Waals surface area contributed by atoms with Crippen molar-refractivity contribution in [3.8, 4) is 0 Å². The van der Waals surface area contributed by atoms with Gasteiger partial charge in [-0.1, -0.05) is 6.07 Å². The minimum Gasteiger partial charge on any atom is -0.360 e. The molecule has 0 bridgehead atoms. The first-order valence-electron chi connectivity index (χ1n) is 3.38. The summed E-state index contributed by atoms with van der Waals surface area (Å²) in [6, 6.07) is 5.17. The fraction of sp³-hybridized carbons (Fsp3) is 0.250. The molecule has 1 aromatic rings. The first-order valence-corrected chi connectivity index (χ1v) is 3.38. The fourth-order valence-electron chi connectivity index (χ4n) is 0.699. The lowest BCUT2D eigenvalue weighted by molar-refractivity contribution is 0.548. The quantitative estimate of drug-likeness (QED) is 0.696. The molecule has 1 N–H and O–H groups in total. The standard InChI is InChI=1S/C8H9N2O/c1-7(6-11)10-8-4-2-3-5-9-8/h2-5,7H,1H3,(H,9,10)/t7-/m0/s1.